The van der Waals surface area contributed by atoms with Crippen LogP contribution in [-0.4, -0.2) is 36.1 Å². The zero-order valence-corrected chi connectivity index (χ0v) is 13.5. The smallest absolute Gasteiger partial charge is 0.0252 e. The molecule has 0 aromatic carbocycles. The normalized spacial score (nSPS) is 29.2. The second kappa shape index (κ2) is 7.08. The predicted octanol–water partition coefficient (Wildman–Crippen LogP) is 3.66. The summed E-state index contributed by atoms with van der Waals surface area (Å²) in [6.45, 7) is 12.1. The molecule has 0 aromatic heterocycles. The molecule has 19 heavy (non-hydrogen) atoms. The zero-order valence-electron chi connectivity index (χ0n) is 13.5. The molecule has 112 valence electrons. The van der Waals surface area contributed by atoms with E-state index >= 15 is 0 Å². The third kappa shape index (κ3) is 4.19. The summed E-state index contributed by atoms with van der Waals surface area (Å²) in [5, 5.41) is 3.75. The molecule has 2 fully saturated rings. The molecule has 2 rings (SSSR count). The molecular formula is C17H34N2. The number of hydrogen-bond donors (Lipinski definition) is 1. The van der Waals surface area contributed by atoms with Gasteiger partial charge in [-0.3, -0.25) is 4.90 Å². The van der Waals surface area contributed by atoms with Gasteiger partial charge in [0.25, 0.3) is 0 Å². The van der Waals surface area contributed by atoms with Gasteiger partial charge in [-0.1, -0.05) is 27.7 Å². The quantitative estimate of drug-likeness (QED) is 0.789. The molecule has 0 bridgehead atoms. The highest BCUT2D eigenvalue weighted by Crippen LogP contribution is 2.31. The third-order valence-electron chi connectivity index (χ3n) is 4.86. The molecule has 1 N–H and O–H groups in total. The second-order valence-corrected chi connectivity index (χ2v) is 7.56. The van der Waals surface area contributed by atoms with Gasteiger partial charge in [0.05, 0.1) is 0 Å². The first-order valence-corrected chi connectivity index (χ1v) is 8.57. The van der Waals surface area contributed by atoms with E-state index in [1.54, 1.807) is 0 Å². The molecule has 2 unspecified atom stereocenters. The average molecular weight is 266 g/mol. The molecule has 0 saturated carbocycles. The Kier molecular flexibility index (Phi) is 5.70. The molecule has 0 aliphatic carbocycles. The fourth-order valence-corrected chi connectivity index (χ4v) is 4.20. The van der Waals surface area contributed by atoms with Crippen LogP contribution in [0.15, 0.2) is 0 Å². The van der Waals surface area contributed by atoms with Gasteiger partial charge in [0.1, 0.15) is 0 Å². The van der Waals surface area contributed by atoms with Crippen LogP contribution >= 0.6 is 0 Å². The van der Waals surface area contributed by atoms with E-state index in [0.29, 0.717) is 0 Å². The first-order valence-electron chi connectivity index (χ1n) is 8.57. The van der Waals surface area contributed by atoms with Crippen LogP contribution in [0.3, 0.4) is 0 Å². The van der Waals surface area contributed by atoms with E-state index < -0.39 is 0 Å². The SMILES string of the molecule is CC(C)CC(CC(C)C)N1CCCC1C1CCCN1. The van der Waals surface area contributed by atoms with E-state index in [4.69, 9.17) is 0 Å². The van der Waals surface area contributed by atoms with Gasteiger partial charge in [-0.25, -0.2) is 0 Å². The van der Waals surface area contributed by atoms with E-state index in [0.717, 1.165) is 30.0 Å². The minimum atomic E-state index is 0.782. The van der Waals surface area contributed by atoms with Crippen molar-refractivity contribution in [3.63, 3.8) is 0 Å². The van der Waals surface area contributed by atoms with E-state index in [1.807, 2.05) is 0 Å². The Morgan fingerprint density at radius 1 is 1.00 bits per heavy atom. The Balaban J connectivity index is 2.00. The lowest BCUT2D eigenvalue weighted by molar-refractivity contribution is 0.118. The van der Waals surface area contributed by atoms with Crippen molar-refractivity contribution in [1.29, 1.82) is 0 Å². The lowest BCUT2D eigenvalue weighted by Gasteiger charge is -2.38. The highest BCUT2D eigenvalue weighted by atomic mass is 15.2. The predicted molar refractivity (Wildman–Crippen MR) is 83.5 cm³/mol. The summed E-state index contributed by atoms with van der Waals surface area (Å²) in [7, 11) is 0. The van der Waals surface area contributed by atoms with E-state index in [1.165, 1.54) is 51.6 Å². The van der Waals surface area contributed by atoms with Crippen molar-refractivity contribution in [2.45, 2.75) is 84.3 Å². The Hall–Kier alpha value is -0.0800. The standard InChI is InChI=1S/C17H34N2/c1-13(2)11-15(12-14(3)4)19-10-6-8-17(19)16-7-5-9-18-16/h13-18H,5-12H2,1-4H3. The fourth-order valence-electron chi connectivity index (χ4n) is 4.20. The number of nitrogens with zero attached hydrogens (tertiary/aromatic N) is 1. The van der Waals surface area contributed by atoms with Gasteiger partial charge >= 0.3 is 0 Å². The average Bonchev–Trinajstić information content (AvgIpc) is 2.97. The van der Waals surface area contributed by atoms with Crippen LogP contribution in [0.25, 0.3) is 0 Å². The summed E-state index contributed by atoms with van der Waals surface area (Å²) < 4.78 is 0. The van der Waals surface area contributed by atoms with Gasteiger partial charge in [0, 0.05) is 18.1 Å². The highest BCUT2D eigenvalue weighted by Gasteiger charge is 2.36. The molecule has 2 heterocycles. The Morgan fingerprint density at radius 3 is 2.21 bits per heavy atom. The Labute approximate surface area is 120 Å². The van der Waals surface area contributed by atoms with Crippen molar-refractivity contribution in [3.05, 3.63) is 0 Å². The molecule has 0 spiro atoms. The molecule has 2 aliphatic heterocycles. The zero-order chi connectivity index (χ0) is 13.8. The molecule has 0 amide bonds. The molecule has 2 nitrogen and oxygen atoms in total. The number of rotatable bonds is 6. The summed E-state index contributed by atoms with van der Waals surface area (Å²) in [5.41, 5.74) is 0. The highest BCUT2D eigenvalue weighted by molar-refractivity contribution is 4.95. The minimum absolute atomic E-state index is 0.782. The van der Waals surface area contributed by atoms with Gasteiger partial charge < -0.3 is 5.32 Å². The van der Waals surface area contributed by atoms with Gasteiger partial charge in [0.15, 0.2) is 0 Å². The molecule has 2 atom stereocenters. The van der Waals surface area contributed by atoms with E-state index in [9.17, 15) is 0 Å². The number of nitrogens with one attached hydrogen (secondary N) is 1. The topological polar surface area (TPSA) is 15.3 Å². The summed E-state index contributed by atoms with van der Waals surface area (Å²) in [6.07, 6.45) is 8.37. The minimum Gasteiger partial charge on any atom is -0.312 e. The van der Waals surface area contributed by atoms with Crippen molar-refractivity contribution in [2.24, 2.45) is 11.8 Å². The lowest BCUT2D eigenvalue weighted by atomic mass is 9.92. The Bertz CT molecular complexity index is 246. The summed E-state index contributed by atoms with van der Waals surface area (Å²) in [6, 6.07) is 2.42. The van der Waals surface area contributed by atoms with Gasteiger partial charge in [0.2, 0.25) is 0 Å². The summed E-state index contributed by atoms with van der Waals surface area (Å²) in [5.74, 6) is 1.64. The van der Waals surface area contributed by atoms with Gasteiger partial charge in [-0.15, -0.1) is 0 Å². The lowest BCUT2D eigenvalue weighted by Crippen LogP contribution is -2.49. The summed E-state index contributed by atoms with van der Waals surface area (Å²) >= 11 is 0. The van der Waals surface area contributed by atoms with Crippen molar-refractivity contribution >= 4 is 0 Å². The third-order valence-corrected chi connectivity index (χ3v) is 4.86. The van der Waals surface area contributed by atoms with Crippen LogP contribution in [-0.2, 0) is 0 Å². The van der Waals surface area contributed by atoms with Crippen LogP contribution in [0, 0.1) is 11.8 Å². The maximum absolute atomic E-state index is 3.75. The van der Waals surface area contributed by atoms with Gasteiger partial charge in [-0.05, 0) is 63.5 Å². The van der Waals surface area contributed by atoms with Crippen molar-refractivity contribution < 1.29 is 0 Å². The van der Waals surface area contributed by atoms with Crippen LogP contribution in [0.4, 0.5) is 0 Å². The van der Waals surface area contributed by atoms with Gasteiger partial charge in [-0.2, -0.15) is 0 Å². The first kappa shape index (κ1) is 15.3. The fraction of sp³-hybridized carbons (Fsp3) is 1.00. The van der Waals surface area contributed by atoms with Crippen LogP contribution in [0.2, 0.25) is 0 Å². The van der Waals surface area contributed by atoms with E-state index in [-0.39, 0.29) is 0 Å². The van der Waals surface area contributed by atoms with Crippen LogP contribution in [0.1, 0.15) is 66.2 Å². The molecule has 2 heteroatoms. The molecule has 0 radical (unpaired) electrons. The first-order chi connectivity index (χ1) is 9.08. The Morgan fingerprint density at radius 2 is 1.68 bits per heavy atom. The van der Waals surface area contributed by atoms with E-state index in [2.05, 4.69) is 37.9 Å². The van der Waals surface area contributed by atoms with Crippen molar-refractivity contribution in [1.82, 2.24) is 10.2 Å². The summed E-state index contributed by atoms with van der Waals surface area (Å²) in [4.78, 5) is 2.88. The monoisotopic (exact) mass is 266 g/mol. The van der Waals surface area contributed by atoms with Crippen molar-refractivity contribution in [2.75, 3.05) is 13.1 Å². The van der Waals surface area contributed by atoms with Crippen LogP contribution < -0.4 is 5.32 Å². The molecular weight excluding hydrogens is 232 g/mol. The molecule has 2 aliphatic rings. The van der Waals surface area contributed by atoms with Crippen LogP contribution in [0.5, 0.6) is 0 Å². The second-order valence-electron chi connectivity index (χ2n) is 7.56. The largest absolute Gasteiger partial charge is 0.312 e. The maximum atomic E-state index is 3.75. The number of hydrogen-bond acceptors (Lipinski definition) is 2. The maximum Gasteiger partial charge on any atom is 0.0252 e. The molecule has 2 saturated heterocycles. The number of likely N-dealkylation sites (tertiary alicyclic amines) is 1. The molecule has 0 aromatic rings. The van der Waals surface area contributed by atoms with Crippen molar-refractivity contribution in [3.8, 4) is 0 Å².